The summed E-state index contributed by atoms with van der Waals surface area (Å²) in [5.41, 5.74) is 3.84. The lowest BCUT2D eigenvalue weighted by atomic mass is 10.1. The Balaban J connectivity index is 0.00000261. The van der Waals surface area contributed by atoms with Gasteiger partial charge in [-0.05, 0) is 42.0 Å². The first kappa shape index (κ1) is 21.5. The molecule has 2 aromatic rings. The topological polar surface area (TPSA) is 52.6 Å². The number of nitrogens with zero attached hydrogens (tertiary/aromatic N) is 3. The maximum absolute atomic E-state index is 4.61. The van der Waals surface area contributed by atoms with E-state index >= 15 is 0 Å². The van der Waals surface area contributed by atoms with E-state index in [-0.39, 0.29) is 24.0 Å². The minimum absolute atomic E-state index is 0. The van der Waals surface area contributed by atoms with E-state index < -0.39 is 0 Å². The van der Waals surface area contributed by atoms with Gasteiger partial charge in [0.15, 0.2) is 5.96 Å². The normalized spacial score (nSPS) is 14.0. The first-order valence-electron chi connectivity index (χ1n) is 9.51. The van der Waals surface area contributed by atoms with Crippen LogP contribution in [0.1, 0.15) is 36.5 Å². The van der Waals surface area contributed by atoms with Gasteiger partial charge in [0.1, 0.15) is 5.82 Å². The van der Waals surface area contributed by atoms with Gasteiger partial charge in [0.25, 0.3) is 0 Å². The predicted molar refractivity (Wildman–Crippen MR) is 124 cm³/mol. The number of rotatable bonds is 6. The van der Waals surface area contributed by atoms with Crippen LogP contribution in [0.5, 0.6) is 0 Å². The lowest BCUT2D eigenvalue weighted by Crippen LogP contribution is -2.36. The Kier molecular flexibility index (Phi) is 8.84. The number of benzene rings is 1. The largest absolute Gasteiger partial charge is 0.357 e. The van der Waals surface area contributed by atoms with Crippen molar-refractivity contribution in [2.45, 2.75) is 39.3 Å². The third-order valence-electron chi connectivity index (χ3n) is 4.87. The van der Waals surface area contributed by atoms with Crippen LogP contribution in [0.15, 0.2) is 47.6 Å². The fraction of sp³-hybridized carbons (Fsp3) is 0.429. The van der Waals surface area contributed by atoms with Crippen LogP contribution in [0, 0.1) is 0 Å². The summed E-state index contributed by atoms with van der Waals surface area (Å²) in [6.45, 7) is 5.92. The number of hydrogen-bond acceptors (Lipinski definition) is 3. The van der Waals surface area contributed by atoms with E-state index in [0.29, 0.717) is 6.54 Å². The second-order valence-corrected chi connectivity index (χ2v) is 6.62. The molecule has 5 nitrogen and oxygen atoms in total. The number of guanidine groups is 1. The molecule has 2 N–H and O–H groups in total. The molecule has 0 amide bonds. The molecule has 0 bridgehead atoms. The summed E-state index contributed by atoms with van der Waals surface area (Å²) < 4.78 is 0. The standard InChI is InChI=1S/C21H29N5.HI/c1-3-18-8-4-5-9-19(18)16-25-21(22-2)24-15-17-10-11-20(23-14-17)26-12-6-7-13-26;/h4-5,8-11,14H,3,6-7,12-13,15-16H2,1-2H3,(H2,22,24,25);1H. The lowest BCUT2D eigenvalue weighted by Gasteiger charge is -2.17. The molecule has 2 heterocycles. The maximum atomic E-state index is 4.61. The smallest absolute Gasteiger partial charge is 0.191 e. The molecule has 0 radical (unpaired) electrons. The van der Waals surface area contributed by atoms with Crippen LogP contribution in [0.25, 0.3) is 0 Å². The van der Waals surface area contributed by atoms with Gasteiger partial charge in [-0.25, -0.2) is 4.98 Å². The number of aliphatic imine (C=N–C) groups is 1. The molecule has 0 atom stereocenters. The van der Waals surface area contributed by atoms with Crippen LogP contribution < -0.4 is 15.5 Å². The van der Waals surface area contributed by atoms with Crippen molar-refractivity contribution in [2.75, 3.05) is 25.0 Å². The van der Waals surface area contributed by atoms with Crippen LogP contribution in [0.4, 0.5) is 5.82 Å². The van der Waals surface area contributed by atoms with Gasteiger partial charge >= 0.3 is 0 Å². The number of pyridine rings is 1. The van der Waals surface area contributed by atoms with Gasteiger partial charge in [-0.15, -0.1) is 24.0 Å². The first-order chi connectivity index (χ1) is 12.8. The molecule has 0 spiro atoms. The average Bonchev–Trinajstić information content (AvgIpc) is 3.23. The number of aryl methyl sites for hydroxylation is 1. The number of hydrogen-bond donors (Lipinski definition) is 2. The number of aromatic nitrogens is 1. The zero-order valence-corrected chi connectivity index (χ0v) is 18.6. The molecule has 27 heavy (non-hydrogen) atoms. The SMILES string of the molecule is CCc1ccccc1CNC(=NC)NCc1ccc(N2CCCC2)nc1.I. The van der Waals surface area contributed by atoms with Gasteiger partial charge in [-0.3, -0.25) is 4.99 Å². The Morgan fingerprint density at radius 2 is 1.74 bits per heavy atom. The van der Waals surface area contributed by atoms with Crippen molar-refractivity contribution in [3.05, 3.63) is 59.3 Å². The first-order valence-corrected chi connectivity index (χ1v) is 9.51. The highest BCUT2D eigenvalue weighted by atomic mass is 127. The van der Waals surface area contributed by atoms with Crippen LogP contribution in [-0.4, -0.2) is 31.1 Å². The quantitative estimate of drug-likeness (QED) is 0.377. The zero-order chi connectivity index (χ0) is 18.2. The summed E-state index contributed by atoms with van der Waals surface area (Å²) in [6, 6.07) is 12.8. The molecule has 3 rings (SSSR count). The summed E-state index contributed by atoms with van der Waals surface area (Å²) in [7, 11) is 1.80. The molecular weight excluding hydrogens is 449 g/mol. The van der Waals surface area contributed by atoms with Gasteiger partial charge in [-0.2, -0.15) is 0 Å². The van der Waals surface area contributed by atoms with Crippen LogP contribution in [0.2, 0.25) is 0 Å². The number of halogens is 1. The average molecular weight is 479 g/mol. The predicted octanol–water partition coefficient (Wildman–Crippen LogP) is 3.73. The Morgan fingerprint density at radius 1 is 1.04 bits per heavy atom. The molecule has 0 saturated carbocycles. The second kappa shape index (κ2) is 11.1. The second-order valence-electron chi connectivity index (χ2n) is 6.62. The molecule has 6 heteroatoms. The van der Waals surface area contributed by atoms with Crippen molar-refractivity contribution in [3.8, 4) is 0 Å². The molecule has 1 aromatic carbocycles. The van der Waals surface area contributed by atoms with Crippen LogP contribution in [-0.2, 0) is 19.5 Å². The summed E-state index contributed by atoms with van der Waals surface area (Å²) in [5, 5.41) is 6.76. The third-order valence-corrected chi connectivity index (χ3v) is 4.87. The van der Waals surface area contributed by atoms with Crippen molar-refractivity contribution in [1.82, 2.24) is 15.6 Å². The molecule has 1 aromatic heterocycles. The van der Waals surface area contributed by atoms with Crippen molar-refractivity contribution in [2.24, 2.45) is 4.99 Å². The summed E-state index contributed by atoms with van der Waals surface area (Å²) in [4.78, 5) is 11.3. The van der Waals surface area contributed by atoms with Crippen molar-refractivity contribution in [3.63, 3.8) is 0 Å². The third kappa shape index (κ3) is 6.09. The Bertz CT molecular complexity index is 724. The highest BCUT2D eigenvalue weighted by Crippen LogP contribution is 2.17. The van der Waals surface area contributed by atoms with Gasteiger partial charge in [-0.1, -0.05) is 37.3 Å². The molecule has 1 saturated heterocycles. The van der Waals surface area contributed by atoms with E-state index in [4.69, 9.17) is 0 Å². The highest BCUT2D eigenvalue weighted by molar-refractivity contribution is 14.0. The van der Waals surface area contributed by atoms with Gasteiger partial charge in [0.2, 0.25) is 0 Å². The molecule has 146 valence electrons. The van der Waals surface area contributed by atoms with Crippen LogP contribution >= 0.6 is 24.0 Å². The molecule has 0 aliphatic carbocycles. The fourth-order valence-electron chi connectivity index (χ4n) is 3.31. The van der Waals surface area contributed by atoms with Gasteiger partial charge in [0, 0.05) is 39.4 Å². The Labute approximate surface area is 179 Å². The van der Waals surface area contributed by atoms with E-state index in [1.54, 1.807) is 7.05 Å². The van der Waals surface area contributed by atoms with E-state index in [1.807, 2.05) is 6.20 Å². The van der Waals surface area contributed by atoms with Gasteiger partial charge < -0.3 is 15.5 Å². The van der Waals surface area contributed by atoms with Crippen molar-refractivity contribution in [1.29, 1.82) is 0 Å². The van der Waals surface area contributed by atoms with E-state index in [0.717, 1.165) is 43.4 Å². The Hall–Kier alpha value is -1.83. The lowest BCUT2D eigenvalue weighted by molar-refractivity contribution is 0.800. The van der Waals surface area contributed by atoms with E-state index in [9.17, 15) is 0 Å². The maximum Gasteiger partial charge on any atom is 0.191 e. The van der Waals surface area contributed by atoms with Gasteiger partial charge in [0.05, 0.1) is 0 Å². The van der Waals surface area contributed by atoms with E-state index in [2.05, 4.69) is 68.8 Å². The van der Waals surface area contributed by atoms with Crippen molar-refractivity contribution < 1.29 is 0 Å². The molecule has 1 fully saturated rings. The zero-order valence-electron chi connectivity index (χ0n) is 16.2. The summed E-state index contributed by atoms with van der Waals surface area (Å²) >= 11 is 0. The fourth-order valence-corrected chi connectivity index (χ4v) is 3.31. The minimum Gasteiger partial charge on any atom is -0.357 e. The monoisotopic (exact) mass is 479 g/mol. The van der Waals surface area contributed by atoms with Crippen LogP contribution in [0.3, 0.4) is 0 Å². The highest BCUT2D eigenvalue weighted by Gasteiger charge is 2.13. The molecular formula is C21H30IN5. The molecule has 0 unspecified atom stereocenters. The van der Waals surface area contributed by atoms with E-state index in [1.165, 1.54) is 24.0 Å². The summed E-state index contributed by atoms with van der Waals surface area (Å²) in [5.74, 6) is 1.89. The number of nitrogens with one attached hydrogen (secondary N) is 2. The minimum atomic E-state index is 0. The Morgan fingerprint density at radius 3 is 2.37 bits per heavy atom. The summed E-state index contributed by atoms with van der Waals surface area (Å²) in [6.07, 6.45) is 5.54. The molecule has 1 aliphatic heterocycles. The van der Waals surface area contributed by atoms with Crippen molar-refractivity contribution >= 4 is 35.8 Å². The number of anilines is 1. The molecule has 1 aliphatic rings.